The predicted octanol–water partition coefficient (Wildman–Crippen LogP) is 4.46. The van der Waals surface area contributed by atoms with Crippen molar-refractivity contribution in [2.24, 2.45) is 11.7 Å². The lowest BCUT2D eigenvalue weighted by Gasteiger charge is -2.31. The smallest absolute Gasteiger partial charge is 0.404 e. The lowest BCUT2D eigenvalue weighted by atomic mass is 9.77. The lowest BCUT2D eigenvalue weighted by molar-refractivity contribution is -0.274. The molecule has 1 aromatic rings. The Kier molecular flexibility index (Phi) is 5.35. The highest BCUT2D eigenvalue weighted by Gasteiger charge is 2.32. The first-order valence-corrected chi connectivity index (χ1v) is 6.05. The van der Waals surface area contributed by atoms with E-state index in [0.29, 0.717) is 5.92 Å². The number of hydrogen-bond donors (Lipinski definition) is 1. The first-order valence-electron chi connectivity index (χ1n) is 5.67. The van der Waals surface area contributed by atoms with E-state index in [9.17, 15) is 13.2 Å². The summed E-state index contributed by atoms with van der Waals surface area (Å²) < 4.78 is 40.0. The molecule has 0 spiro atoms. The van der Waals surface area contributed by atoms with Gasteiger partial charge in [0.2, 0.25) is 0 Å². The van der Waals surface area contributed by atoms with Crippen LogP contribution in [0, 0.1) is 5.92 Å². The Balaban J connectivity index is 0.00000180. The van der Waals surface area contributed by atoms with Crippen molar-refractivity contribution in [3.05, 3.63) is 28.8 Å². The molecule has 19 heavy (non-hydrogen) atoms. The first kappa shape index (κ1) is 16.4. The summed E-state index contributed by atoms with van der Waals surface area (Å²) in [5.41, 5.74) is 6.77. The Morgan fingerprint density at radius 3 is 2.37 bits per heavy atom. The molecule has 1 saturated carbocycles. The summed E-state index contributed by atoms with van der Waals surface area (Å²) in [6.45, 7) is 0. The van der Waals surface area contributed by atoms with E-state index in [-0.39, 0.29) is 23.5 Å². The van der Waals surface area contributed by atoms with E-state index >= 15 is 0 Å². The van der Waals surface area contributed by atoms with Gasteiger partial charge in [0, 0.05) is 6.04 Å². The highest BCUT2D eigenvalue weighted by Crippen LogP contribution is 2.38. The fourth-order valence-corrected chi connectivity index (χ4v) is 2.23. The summed E-state index contributed by atoms with van der Waals surface area (Å²) >= 11 is 5.76. The molecule has 108 valence electrons. The lowest BCUT2D eigenvalue weighted by Crippen LogP contribution is -2.26. The number of halogens is 5. The number of rotatable bonds is 3. The zero-order valence-electron chi connectivity index (χ0n) is 9.91. The van der Waals surface area contributed by atoms with Gasteiger partial charge in [-0.05, 0) is 36.5 Å². The van der Waals surface area contributed by atoms with Gasteiger partial charge in [-0.15, -0.1) is 25.6 Å². The number of nitrogens with two attached hydrogens (primary N) is 1. The quantitative estimate of drug-likeness (QED) is 0.893. The van der Waals surface area contributed by atoms with Gasteiger partial charge in [-0.25, -0.2) is 0 Å². The van der Waals surface area contributed by atoms with E-state index in [2.05, 4.69) is 4.74 Å². The van der Waals surface area contributed by atoms with Crippen LogP contribution in [0.1, 0.15) is 30.9 Å². The van der Waals surface area contributed by atoms with Crippen molar-refractivity contribution >= 4 is 24.0 Å². The van der Waals surface area contributed by atoms with E-state index in [1.807, 2.05) is 0 Å². The Labute approximate surface area is 120 Å². The maximum absolute atomic E-state index is 12.1. The van der Waals surface area contributed by atoms with Gasteiger partial charge in [0.15, 0.2) is 0 Å². The Hall–Kier alpha value is -0.650. The number of benzene rings is 1. The van der Waals surface area contributed by atoms with Gasteiger partial charge in [-0.2, -0.15) is 0 Å². The van der Waals surface area contributed by atoms with Crippen molar-refractivity contribution in [1.82, 2.24) is 0 Å². The van der Waals surface area contributed by atoms with E-state index in [1.54, 1.807) is 0 Å². The van der Waals surface area contributed by atoms with Crippen LogP contribution in [0.4, 0.5) is 13.2 Å². The Morgan fingerprint density at radius 1 is 1.32 bits per heavy atom. The number of ether oxygens (including phenoxy) is 1. The summed E-state index contributed by atoms with van der Waals surface area (Å²) in [5.74, 6) is 0.00387. The highest BCUT2D eigenvalue weighted by atomic mass is 35.5. The van der Waals surface area contributed by atoms with Crippen LogP contribution >= 0.6 is 24.0 Å². The second kappa shape index (κ2) is 6.20. The maximum atomic E-state index is 12.1. The van der Waals surface area contributed by atoms with Crippen molar-refractivity contribution < 1.29 is 17.9 Å². The van der Waals surface area contributed by atoms with Crippen LogP contribution in [0.5, 0.6) is 5.75 Å². The van der Waals surface area contributed by atoms with Crippen molar-refractivity contribution in [2.45, 2.75) is 31.7 Å². The zero-order valence-corrected chi connectivity index (χ0v) is 11.5. The standard InChI is InChI=1S/C12H13ClF3NO.ClH/c13-9-6-8(11(17)7-2-1-3-7)4-5-10(9)18-12(14,15)16;/h4-7,11H,1-3,17H2;1H/t11-;/m0./s1. The van der Waals surface area contributed by atoms with Gasteiger partial charge < -0.3 is 10.5 Å². The molecule has 1 aliphatic rings. The third kappa shape index (κ3) is 4.16. The average molecular weight is 316 g/mol. The van der Waals surface area contributed by atoms with Gasteiger partial charge in [-0.1, -0.05) is 24.1 Å². The van der Waals surface area contributed by atoms with Crippen LogP contribution in [0.3, 0.4) is 0 Å². The SMILES string of the molecule is Cl.N[C@H](c1ccc(OC(F)(F)F)c(Cl)c1)C1CCC1. The second-order valence-corrected chi connectivity index (χ2v) is 4.86. The van der Waals surface area contributed by atoms with Crippen LogP contribution in [0.2, 0.25) is 5.02 Å². The van der Waals surface area contributed by atoms with Crippen LogP contribution in [-0.2, 0) is 0 Å². The molecule has 1 atom stereocenters. The van der Waals surface area contributed by atoms with Crippen molar-refractivity contribution in [2.75, 3.05) is 0 Å². The van der Waals surface area contributed by atoms with Crippen molar-refractivity contribution in [3.63, 3.8) is 0 Å². The summed E-state index contributed by atoms with van der Waals surface area (Å²) in [6.07, 6.45) is -1.47. The molecule has 0 radical (unpaired) electrons. The molecule has 2 N–H and O–H groups in total. The fraction of sp³-hybridized carbons (Fsp3) is 0.500. The molecule has 0 heterocycles. The van der Waals surface area contributed by atoms with Gasteiger partial charge in [-0.3, -0.25) is 0 Å². The van der Waals surface area contributed by atoms with E-state index in [0.717, 1.165) is 24.8 Å². The summed E-state index contributed by atoms with van der Waals surface area (Å²) in [5, 5.41) is -0.0698. The van der Waals surface area contributed by atoms with E-state index in [4.69, 9.17) is 17.3 Å². The average Bonchev–Trinajstić information content (AvgIpc) is 2.16. The Bertz CT molecular complexity index is 435. The molecule has 0 bridgehead atoms. The molecule has 0 unspecified atom stereocenters. The normalized spacial score (nSPS) is 17.3. The summed E-state index contributed by atoms with van der Waals surface area (Å²) in [7, 11) is 0. The van der Waals surface area contributed by atoms with Crippen LogP contribution in [0.15, 0.2) is 18.2 Å². The molecular weight excluding hydrogens is 302 g/mol. The minimum Gasteiger partial charge on any atom is -0.404 e. The number of hydrogen-bond acceptors (Lipinski definition) is 2. The van der Waals surface area contributed by atoms with Gasteiger partial charge in [0.25, 0.3) is 0 Å². The van der Waals surface area contributed by atoms with Gasteiger partial charge in [0.1, 0.15) is 5.75 Å². The van der Waals surface area contributed by atoms with E-state index in [1.165, 1.54) is 18.2 Å². The highest BCUT2D eigenvalue weighted by molar-refractivity contribution is 6.32. The topological polar surface area (TPSA) is 35.2 Å². The third-order valence-electron chi connectivity index (χ3n) is 3.22. The van der Waals surface area contributed by atoms with Crippen LogP contribution in [-0.4, -0.2) is 6.36 Å². The fourth-order valence-electron chi connectivity index (χ4n) is 2.00. The molecule has 1 fully saturated rings. The molecule has 2 nitrogen and oxygen atoms in total. The second-order valence-electron chi connectivity index (χ2n) is 4.45. The van der Waals surface area contributed by atoms with Gasteiger partial charge in [0.05, 0.1) is 5.02 Å². The summed E-state index contributed by atoms with van der Waals surface area (Å²) in [6, 6.07) is 4.03. The molecule has 2 rings (SSSR count). The first-order chi connectivity index (χ1) is 8.37. The molecule has 0 saturated heterocycles. The molecule has 0 aromatic heterocycles. The minimum atomic E-state index is -4.73. The van der Waals surface area contributed by atoms with E-state index < -0.39 is 12.1 Å². The van der Waals surface area contributed by atoms with Crippen molar-refractivity contribution in [1.29, 1.82) is 0 Å². The molecular formula is C12H14Cl2F3NO. The predicted molar refractivity (Wildman–Crippen MR) is 69.7 cm³/mol. The molecule has 1 aliphatic carbocycles. The molecule has 7 heteroatoms. The molecule has 1 aromatic carbocycles. The monoisotopic (exact) mass is 315 g/mol. The van der Waals surface area contributed by atoms with Crippen LogP contribution in [0.25, 0.3) is 0 Å². The Morgan fingerprint density at radius 2 is 1.95 bits per heavy atom. The maximum Gasteiger partial charge on any atom is 0.573 e. The summed E-state index contributed by atoms with van der Waals surface area (Å²) in [4.78, 5) is 0. The largest absolute Gasteiger partial charge is 0.573 e. The third-order valence-corrected chi connectivity index (χ3v) is 3.52. The van der Waals surface area contributed by atoms with Gasteiger partial charge >= 0.3 is 6.36 Å². The van der Waals surface area contributed by atoms with Crippen molar-refractivity contribution in [3.8, 4) is 5.75 Å². The van der Waals surface area contributed by atoms with Crippen LogP contribution < -0.4 is 10.5 Å². The molecule has 0 aliphatic heterocycles. The zero-order chi connectivity index (χ0) is 13.3. The minimum absolute atomic E-state index is 0. The molecule has 0 amide bonds. The number of alkyl halides is 3.